The largest absolute Gasteiger partial charge is 0.326 e. The Kier molecular flexibility index (Phi) is 3.41. The van der Waals surface area contributed by atoms with Gasteiger partial charge in [0.1, 0.15) is 11.6 Å². The molecule has 0 saturated carbocycles. The minimum absolute atomic E-state index is 0.151. The van der Waals surface area contributed by atoms with E-state index in [0.717, 1.165) is 23.8 Å². The van der Waals surface area contributed by atoms with Crippen LogP contribution in [0.3, 0.4) is 0 Å². The fraction of sp³-hybridized carbons (Fsp3) is 0.0769. The van der Waals surface area contributed by atoms with E-state index >= 15 is 0 Å². The van der Waals surface area contributed by atoms with Gasteiger partial charge in [-0.05, 0) is 29.8 Å². The molecule has 17 heavy (non-hydrogen) atoms. The molecule has 0 spiro atoms. The van der Waals surface area contributed by atoms with Gasteiger partial charge in [-0.1, -0.05) is 23.7 Å². The smallest absolute Gasteiger partial charge is 0.131 e. The number of nitrogens with two attached hydrogens (primary N) is 1. The third-order valence-corrected chi connectivity index (χ3v) is 2.80. The second-order valence-electron chi connectivity index (χ2n) is 3.64. The van der Waals surface area contributed by atoms with Gasteiger partial charge in [0.2, 0.25) is 0 Å². The van der Waals surface area contributed by atoms with Crippen molar-refractivity contribution in [2.24, 2.45) is 5.73 Å². The van der Waals surface area contributed by atoms with Gasteiger partial charge in [-0.3, -0.25) is 0 Å². The SMILES string of the molecule is NCc1ccc(-c2cc(F)ccc2F)c(Cl)c1. The number of halogens is 3. The van der Waals surface area contributed by atoms with E-state index in [1.807, 2.05) is 0 Å². The fourth-order valence-electron chi connectivity index (χ4n) is 1.61. The van der Waals surface area contributed by atoms with Gasteiger partial charge in [-0.2, -0.15) is 0 Å². The minimum atomic E-state index is -0.506. The zero-order chi connectivity index (χ0) is 12.4. The molecule has 2 aromatic carbocycles. The quantitative estimate of drug-likeness (QED) is 0.867. The highest BCUT2D eigenvalue weighted by molar-refractivity contribution is 6.33. The van der Waals surface area contributed by atoms with Gasteiger partial charge in [-0.15, -0.1) is 0 Å². The Bertz CT molecular complexity index is 555. The molecule has 0 heterocycles. The molecule has 0 bridgehead atoms. The van der Waals surface area contributed by atoms with E-state index in [-0.39, 0.29) is 5.56 Å². The van der Waals surface area contributed by atoms with Crippen LogP contribution in [0.2, 0.25) is 5.02 Å². The van der Waals surface area contributed by atoms with Crippen LogP contribution in [0.4, 0.5) is 8.78 Å². The number of benzene rings is 2. The van der Waals surface area contributed by atoms with Crippen LogP contribution < -0.4 is 5.73 Å². The lowest BCUT2D eigenvalue weighted by Gasteiger charge is -2.07. The maximum atomic E-state index is 13.6. The molecule has 0 atom stereocenters. The average molecular weight is 254 g/mol. The summed E-state index contributed by atoms with van der Waals surface area (Å²) in [4.78, 5) is 0. The van der Waals surface area contributed by atoms with Gasteiger partial charge in [0.15, 0.2) is 0 Å². The number of rotatable bonds is 2. The lowest BCUT2D eigenvalue weighted by atomic mass is 10.0. The van der Waals surface area contributed by atoms with Crippen LogP contribution in [0.5, 0.6) is 0 Å². The molecule has 4 heteroatoms. The van der Waals surface area contributed by atoms with E-state index in [2.05, 4.69) is 0 Å². The van der Waals surface area contributed by atoms with E-state index in [1.165, 1.54) is 0 Å². The molecule has 1 nitrogen and oxygen atoms in total. The monoisotopic (exact) mass is 253 g/mol. The summed E-state index contributed by atoms with van der Waals surface area (Å²) in [5, 5.41) is 0.359. The molecule has 2 N–H and O–H groups in total. The fourth-order valence-corrected chi connectivity index (χ4v) is 1.91. The van der Waals surface area contributed by atoms with Gasteiger partial charge in [0, 0.05) is 22.7 Å². The van der Waals surface area contributed by atoms with Crippen LogP contribution in [0.25, 0.3) is 11.1 Å². The van der Waals surface area contributed by atoms with Crippen molar-refractivity contribution in [3.8, 4) is 11.1 Å². The summed E-state index contributed by atoms with van der Waals surface area (Å²) in [5.41, 5.74) is 6.92. The summed E-state index contributed by atoms with van der Waals surface area (Å²) in [6, 6.07) is 8.31. The maximum Gasteiger partial charge on any atom is 0.131 e. The second-order valence-corrected chi connectivity index (χ2v) is 4.05. The first-order valence-corrected chi connectivity index (χ1v) is 5.43. The molecule has 0 fully saturated rings. The van der Waals surface area contributed by atoms with Crippen LogP contribution in [-0.4, -0.2) is 0 Å². The zero-order valence-corrected chi connectivity index (χ0v) is 9.64. The van der Waals surface area contributed by atoms with Crippen molar-refractivity contribution >= 4 is 11.6 Å². The topological polar surface area (TPSA) is 26.0 Å². The summed E-state index contributed by atoms with van der Waals surface area (Å²) in [6.45, 7) is 0.353. The third-order valence-electron chi connectivity index (χ3n) is 2.49. The second kappa shape index (κ2) is 4.82. The predicted octanol–water partition coefficient (Wildman–Crippen LogP) is 3.74. The molecule has 0 aromatic heterocycles. The summed E-state index contributed by atoms with van der Waals surface area (Å²) in [5.74, 6) is -1.01. The van der Waals surface area contributed by atoms with E-state index in [0.29, 0.717) is 17.1 Å². The lowest BCUT2D eigenvalue weighted by molar-refractivity contribution is 0.603. The van der Waals surface area contributed by atoms with E-state index in [4.69, 9.17) is 17.3 Å². The zero-order valence-electron chi connectivity index (χ0n) is 8.88. The maximum absolute atomic E-state index is 13.6. The van der Waals surface area contributed by atoms with E-state index in [1.54, 1.807) is 18.2 Å². The summed E-state index contributed by atoms with van der Waals surface area (Å²) < 4.78 is 26.6. The molecular formula is C13H10ClF2N. The van der Waals surface area contributed by atoms with Crippen LogP contribution >= 0.6 is 11.6 Å². The number of hydrogen-bond donors (Lipinski definition) is 1. The van der Waals surface area contributed by atoms with Crippen molar-refractivity contribution in [2.45, 2.75) is 6.54 Å². The molecule has 0 amide bonds. The van der Waals surface area contributed by atoms with Gasteiger partial charge < -0.3 is 5.73 Å². The molecule has 0 aliphatic heterocycles. The Hall–Kier alpha value is -1.45. The van der Waals surface area contributed by atoms with Crippen molar-refractivity contribution in [3.05, 3.63) is 58.6 Å². The highest BCUT2D eigenvalue weighted by Crippen LogP contribution is 2.31. The Balaban J connectivity index is 2.56. The molecule has 0 unspecified atom stereocenters. The van der Waals surface area contributed by atoms with E-state index < -0.39 is 11.6 Å². The molecular weight excluding hydrogens is 244 g/mol. The van der Waals surface area contributed by atoms with Crippen molar-refractivity contribution in [2.75, 3.05) is 0 Å². The first kappa shape index (κ1) is 12.0. The van der Waals surface area contributed by atoms with Gasteiger partial charge >= 0.3 is 0 Å². The first-order valence-electron chi connectivity index (χ1n) is 5.05. The predicted molar refractivity (Wildman–Crippen MR) is 64.7 cm³/mol. The molecule has 2 rings (SSSR count). The Morgan fingerprint density at radius 2 is 1.76 bits per heavy atom. The summed E-state index contributed by atoms with van der Waals surface area (Å²) >= 11 is 6.02. The highest BCUT2D eigenvalue weighted by Gasteiger charge is 2.10. The third kappa shape index (κ3) is 2.46. The molecule has 88 valence electrons. The molecule has 0 aliphatic rings. The van der Waals surface area contributed by atoms with Crippen LogP contribution in [0.15, 0.2) is 36.4 Å². The number of hydrogen-bond acceptors (Lipinski definition) is 1. The molecule has 0 radical (unpaired) electrons. The Morgan fingerprint density at radius 3 is 2.41 bits per heavy atom. The van der Waals surface area contributed by atoms with Crippen LogP contribution in [-0.2, 0) is 6.54 Å². The highest BCUT2D eigenvalue weighted by atomic mass is 35.5. The summed E-state index contributed by atoms with van der Waals surface area (Å²) in [7, 11) is 0. The van der Waals surface area contributed by atoms with Gasteiger partial charge in [0.25, 0.3) is 0 Å². The molecule has 0 saturated heterocycles. The normalized spacial score (nSPS) is 10.6. The standard InChI is InChI=1S/C13H10ClF2N/c14-12-5-8(7-17)1-3-10(12)11-6-9(15)2-4-13(11)16/h1-6H,7,17H2. The van der Waals surface area contributed by atoms with Crippen LogP contribution in [0.1, 0.15) is 5.56 Å². The van der Waals surface area contributed by atoms with Crippen molar-refractivity contribution in [3.63, 3.8) is 0 Å². The average Bonchev–Trinajstić information content (AvgIpc) is 2.32. The van der Waals surface area contributed by atoms with Crippen molar-refractivity contribution < 1.29 is 8.78 Å². The molecule has 2 aromatic rings. The molecule has 0 aliphatic carbocycles. The van der Waals surface area contributed by atoms with E-state index in [9.17, 15) is 8.78 Å². The Labute approximate surface area is 103 Å². The van der Waals surface area contributed by atoms with Gasteiger partial charge in [-0.25, -0.2) is 8.78 Å². The first-order chi connectivity index (χ1) is 8.11. The van der Waals surface area contributed by atoms with Gasteiger partial charge in [0.05, 0.1) is 0 Å². The lowest BCUT2D eigenvalue weighted by Crippen LogP contribution is -1.96. The van der Waals surface area contributed by atoms with Crippen molar-refractivity contribution in [1.82, 2.24) is 0 Å². The minimum Gasteiger partial charge on any atom is -0.326 e. The van der Waals surface area contributed by atoms with Crippen molar-refractivity contribution in [1.29, 1.82) is 0 Å². The Morgan fingerprint density at radius 1 is 1.00 bits per heavy atom. The summed E-state index contributed by atoms with van der Waals surface area (Å²) in [6.07, 6.45) is 0. The van der Waals surface area contributed by atoms with Crippen LogP contribution in [0, 0.1) is 11.6 Å².